The van der Waals surface area contributed by atoms with Crippen LogP contribution in [-0.2, 0) is 4.74 Å². The number of nitrogens with zero attached hydrogens (tertiary/aromatic N) is 4. The highest BCUT2D eigenvalue weighted by atomic mass is 19.4. The number of carbonyl (C=O) groups is 2. The Morgan fingerprint density at radius 2 is 1.64 bits per heavy atom. The number of amides is 2. The van der Waals surface area contributed by atoms with Crippen LogP contribution in [0.25, 0.3) is 11.1 Å². The van der Waals surface area contributed by atoms with Crippen molar-refractivity contribution in [2.75, 3.05) is 31.6 Å². The van der Waals surface area contributed by atoms with Crippen LogP contribution in [0, 0.1) is 0 Å². The van der Waals surface area contributed by atoms with Gasteiger partial charge in [-0.2, -0.15) is 13.2 Å². The molecule has 8 nitrogen and oxygen atoms in total. The van der Waals surface area contributed by atoms with Crippen molar-refractivity contribution in [1.82, 2.24) is 14.9 Å². The molecule has 6 rings (SSSR count). The van der Waals surface area contributed by atoms with Gasteiger partial charge in [0.15, 0.2) is 0 Å². The van der Waals surface area contributed by atoms with E-state index < -0.39 is 23.7 Å². The van der Waals surface area contributed by atoms with Crippen molar-refractivity contribution in [2.24, 2.45) is 4.99 Å². The van der Waals surface area contributed by atoms with E-state index in [0.29, 0.717) is 43.0 Å². The number of allylic oxidation sites excluding steroid dienone is 1. The third-order valence-corrected chi connectivity index (χ3v) is 7.37. The van der Waals surface area contributed by atoms with Gasteiger partial charge in [-0.3, -0.25) is 19.6 Å². The van der Waals surface area contributed by atoms with Crippen LogP contribution in [0.2, 0.25) is 0 Å². The first-order valence-corrected chi connectivity index (χ1v) is 13.9. The van der Waals surface area contributed by atoms with Gasteiger partial charge >= 0.3 is 6.18 Å². The molecule has 1 atom stereocenters. The Hall–Kier alpha value is -5.16. The van der Waals surface area contributed by atoms with E-state index in [4.69, 9.17) is 4.74 Å². The quantitative estimate of drug-likeness (QED) is 0.299. The number of nitrogens with one attached hydrogen (secondary N) is 1. The van der Waals surface area contributed by atoms with Crippen LogP contribution in [-0.4, -0.2) is 64.9 Å². The van der Waals surface area contributed by atoms with E-state index in [9.17, 15) is 22.8 Å². The number of aliphatic imine (C=N–C) groups is 1. The first-order chi connectivity index (χ1) is 21.3. The summed E-state index contributed by atoms with van der Waals surface area (Å²) in [6.07, 6.45) is 0.715. The fourth-order valence-corrected chi connectivity index (χ4v) is 5.06. The molecule has 0 spiro atoms. The highest BCUT2D eigenvalue weighted by molar-refractivity contribution is 6.10. The van der Waals surface area contributed by atoms with Gasteiger partial charge in [0.25, 0.3) is 11.8 Å². The lowest BCUT2D eigenvalue weighted by Gasteiger charge is -2.26. The summed E-state index contributed by atoms with van der Waals surface area (Å²) in [5.74, 6) is -0.298. The number of alkyl halides is 3. The van der Waals surface area contributed by atoms with Gasteiger partial charge in [-0.1, -0.05) is 30.3 Å². The standard InChI is InChI=1S/C33H26F3N5O3/c34-33(35,36)27-18-28(25-5-2-12-37-19-25)39-30(27)26-10-11-29(38-20-26)40-31(42)24-4-1-3-23(17-24)21-6-8-22(9-7-21)32(43)41-13-15-44-16-14-41/h1-12,17-20,30H,13-16H2,(H,38,40,42). The van der Waals surface area contributed by atoms with Gasteiger partial charge in [0.1, 0.15) is 11.9 Å². The van der Waals surface area contributed by atoms with E-state index in [0.717, 1.165) is 17.2 Å². The predicted molar refractivity (Wildman–Crippen MR) is 158 cm³/mol. The number of benzene rings is 2. The first-order valence-electron chi connectivity index (χ1n) is 13.9. The van der Waals surface area contributed by atoms with Gasteiger partial charge in [0.2, 0.25) is 0 Å². The molecule has 4 aromatic rings. The number of carbonyl (C=O) groups excluding carboxylic acids is 2. The van der Waals surface area contributed by atoms with Gasteiger partial charge in [0.05, 0.1) is 24.5 Å². The Labute approximate surface area is 250 Å². The number of hydrogen-bond donors (Lipinski definition) is 1. The van der Waals surface area contributed by atoms with Crippen molar-refractivity contribution < 1.29 is 27.5 Å². The SMILES string of the molecule is O=C(Nc1ccc(C2N=C(c3cccnc3)C=C2C(F)(F)F)cn1)c1cccc(-c2ccc(C(=O)N3CCOCC3)cc2)c1. The second kappa shape index (κ2) is 12.2. The maximum Gasteiger partial charge on any atom is 0.415 e. The average Bonchev–Trinajstić information content (AvgIpc) is 3.52. The summed E-state index contributed by atoms with van der Waals surface area (Å²) in [5, 5.41) is 2.70. The Bertz CT molecular complexity index is 1730. The Balaban J connectivity index is 1.15. The molecular weight excluding hydrogens is 571 g/mol. The maximum atomic E-state index is 13.9. The molecule has 222 valence electrons. The fourth-order valence-electron chi connectivity index (χ4n) is 5.06. The average molecular weight is 598 g/mol. The van der Waals surface area contributed by atoms with Crippen LogP contribution in [0.4, 0.5) is 19.0 Å². The number of anilines is 1. The summed E-state index contributed by atoms with van der Waals surface area (Å²) < 4.78 is 46.9. The molecule has 2 aliphatic heterocycles. The van der Waals surface area contributed by atoms with Crippen molar-refractivity contribution in [3.63, 3.8) is 0 Å². The zero-order chi connectivity index (χ0) is 30.7. The highest BCUT2D eigenvalue weighted by Crippen LogP contribution is 2.42. The minimum Gasteiger partial charge on any atom is -0.378 e. The van der Waals surface area contributed by atoms with E-state index >= 15 is 0 Å². The first kappa shape index (κ1) is 28.9. The van der Waals surface area contributed by atoms with Crippen LogP contribution < -0.4 is 5.32 Å². The topological polar surface area (TPSA) is 96.8 Å². The zero-order valence-corrected chi connectivity index (χ0v) is 23.3. The van der Waals surface area contributed by atoms with E-state index in [1.54, 1.807) is 47.4 Å². The maximum absolute atomic E-state index is 13.9. The predicted octanol–water partition coefficient (Wildman–Crippen LogP) is 5.90. The monoisotopic (exact) mass is 597 g/mol. The summed E-state index contributed by atoms with van der Waals surface area (Å²) in [7, 11) is 0. The molecule has 0 saturated carbocycles. The van der Waals surface area contributed by atoms with Gasteiger partial charge in [-0.15, -0.1) is 0 Å². The Kier molecular flexibility index (Phi) is 8.03. The molecule has 11 heteroatoms. The number of morpholine rings is 1. The zero-order valence-electron chi connectivity index (χ0n) is 23.3. The Morgan fingerprint density at radius 1 is 0.864 bits per heavy atom. The molecule has 1 N–H and O–H groups in total. The molecule has 2 amide bonds. The fraction of sp³-hybridized carbons (Fsp3) is 0.182. The van der Waals surface area contributed by atoms with Gasteiger partial charge in [0, 0.05) is 48.4 Å². The molecule has 0 aliphatic carbocycles. The second-order valence-electron chi connectivity index (χ2n) is 10.2. The molecule has 2 aliphatic rings. The van der Waals surface area contributed by atoms with Gasteiger partial charge in [-0.25, -0.2) is 4.98 Å². The van der Waals surface area contributed by atoms with Crippen molar-refractivity contribution in [2.45, 2.75) is 12.2 Å². The number of ether oxygens (including phenoxy) is 1. The lowest BCUT2D eigenvalue weighted by molar-refractivity contribution is -0.0950. The second-order valence-corrected chi connectivity index (χ2v) is 10.2. The van der Waals surface area contributed by atoms with E-state index in [1.165, 1.54) is 30.7 Å². The molecule has 2 aromatic carbocycles. The molecule has 2 aromatic heterocycles. The van der Waals surface area contributed by atoms with Gasteiger partial charge < -0.3 is 15.0 Å². The molecule has 0 radical (unpaired) electrons. The molecule has 0 bridgehead atoms. The summed E-state index contributed by atoms with van der Waals surface area (Å²) in [5.41, 5.74) is 2.66. The smallest absolute Gasteiger partial charge is 0.378 e. The van der Waals surface area contributed by atoms with Crippen molar-refractivity contribution in [3.8, 4) is 11.1 Å². The van der Waals surface area contributed by atoms with E-state index in [2.05, 4.69) is 20.3 Å². The van der Waals surface area contributed by atoms with E-state index in [-0.39, 0.29) is 23.0 Å². The molecule has 1 fully saturated rings. The minimum atomic E-state index is -4.59. The van der Waals surface area contributed by atoms with Crippen molar-refractivity contribution in [1.29, 1.82) is 0 Å². The minimum absolute atomic E-state index is 0.0502. The third kappa shape index (κ3) is 6.28. The largest absolute Gasteiger partial charge is 0.415 e. The molecule has 44 heavy (non-hydrogen) atoms. The van der Waals surface area contributed by atoms with Crippen LogP contribution in [0.15, 0.2) is 108 Å². The van der Waals surface area contributed by atoms with Crippen molar-refractivity contribution in [3.05, 3.63) is 125 Å². The number of rotatable bonds is 6. The summed E-state index contributed by atoms with van der Waals surface area (Å²) in [6.45, 7) is 2.17. The molecule has 1 saturated heterocycles. The highest BCUT2D eigenvalue weighted by Gasteiger charge is 2.42. The summed E-state index contributed by atoms with van der Waals surface area (Å²) >= 11 is 0. The van der Waals surface area contributed by atoms with Crippen LogP contribution in [0.5, 0.6) is 0 Å². The van der Waals surface area contributed by atoms with E-state index in [1.807, 2.05) is 18.2 Å². The molecular formula is C33H26F3N5O3. The van der Waals surface area contributed by atoms with Crippen LogP contribution in [0.3, 0.4) is 0 Å². The third-order valence-electron chi connectivity index (χ3n) is 7.37. The number of pyridine rings is 2. The Morgan fingerprint density at radius 3 is 2.32 bits per heavy atom. The number of halogens is 3. The van der Waals surface area contributed by atoms with Gasteiger partial charge in [-0.05, 0) is 65.2 Å². The van der Waals surface area contributed by atoms with Crippen molar-refractivity contribution >= 4 is 23.3 Å². The molecule has 1 unspecified atom stereocenters. The van der Waals surface area contributed by atoms with Crippen LogP contribution in [0.1, 0.15) is 37.9 Å². The normalized spacial score (nSPS) is 16.7. The number of hydrogen-bond acceptors (Lipinski definition) is 6. The molecule has 4 heterocycles. The van der Waals surface area contributed by atoms with Crippen LogP contribution >= 0.6 is 0 Å². The summed E-state index contributed by atoms with van der Waals surface area (Å²) in [4.78, 5) is 40.0. The summed E-state index contributed by atoms with van der Waals surface area (Å²) in [6, 6.07) is 19.1. The number of aromatic nitrogens is 2. The lowest BCUT2D eigenvalue weighted by atomic mass is 10.0. The lowest BCUT2D eigenvalue weighted by Crippen LogP contribution is -2.40.